The average Bonchev–Trinajstić information content (AvgIpc) is 2.27. The van der Waals surface area contributed by atoms with Crippen LogP contribution in [0.25, 0.3) is 0 Å². The number of carbonyl (C=O) groups is 1. The summed E-state index contributed by atoms with van der Waals surface area (Å²) in [5.41, 5.74) is 11.0. The molecule has 8 heteroatoms. The lowest BCUT2D eigenvalue weighted by molar-refractivity contribution is 0.0689. The molecule has 5 N–H and O–H groups in total. The number of carboxylic acid groups (broad SMARTS) is 1. The SMILES string of the molecule is Nc1cc(N)nc(Sc2cccc(C(=O)O)n2)n1. The van der Waals surface area contributed by atoms with E-state index in [1.165, 1.54) is 12.1 Å². The predicted octanol–water partition coefficient (Wildman–Crippen LogP) is 0.885. The van der Waals surface area contributed by atoms with Crippen LogP contribution in [0.5, 0.6) is 0 Å². The molecule has 18 heavy (non-hydrogen) atoms. The van der Waals surface area contributed by atoms with Crippen LogP contribution in [0.2, 0.25) is 0 Å². The topological polar surface area (TPSA) is 128 Å². The summed E-state index contributed by atoms with van der Waals surface area (Å²) < 4.78 is 0. The highest BCUT2D eigenvalue weighted by Gasteiger charge is 2.08. The van der Waals surface area contributed by atoms with Gasteiger partial charge in [0.1, 0.15) is 22.4 Å². The van der Waals surface area contributed by atoms with Crippen molar-refractivity contribution in [3.8, 4) is 0 Å². The van der Waals surface area contributed by atoms with E-state index in [0.29, 0.717) is 10.2 Å². The van der Waals surface area contributed by atoms with Crippen molar-refractivity contribution in [2.45, 2.75) is 10.2 Å². The summed E-state index contributed by atoms with van der Waals surface area (Å²) in [6, 6.07) is 6.08. The summed E-state index contributed by atoms with van der Waals surface area (Å²) in [6.45, 7) is 0. The van der Waals surface area contributed by atoms with Gasteiger partial charge >= 0.3 is 5.97 Å². The normalized spacial score (nSPS) is 10.2. The molecule has 0 radical (unpaired) electrons. The minimum Gasteiger partial charge on any atom is -0.477 e. The van der Waals surface area contributed by atoms with Crippen molar-refractivity contribution in [2.24, 2.45) is 0 Å². The number of nitrogens with zero attached hydrogens (tertiary/aromatic N) is 3. The number of nitrogen functional groups attached to an aromatic ring is 2. The number of rotatable bonds is 3. The predicted molar refractivity (Wildman–Crippen MR) is 66.2 cm³/mol. The molecule has 0 atom stereocenters. The molecule has 7 nitrogen and oxygen atoms in total. The van der Waals surface area contributed by atoms with E-state index in [2.05, 4.69) is 15.0 Å². The standard InChI is InChI=1S/C10H9N5O2S/c11-6-4-7(12)15-10(14-6)18-8-3-1-2-5(13-8)9(16)17/h1-4H,(H,16,17)(H4,11,12,14,15). The number of nitrogens with two attached hydrogens (primary N) is 2. The molecule has 0 amide bonds. The van der Waals surface area contributed by atoms with Gasteiger partial charge in [-0.25, -0.2) is 19.7 Å². The van der Waals surface area contributed by atoms with Crippen molar-refractivity contribution in [2.75, 3.05) is 11.5 Å². The van der Waals surface area contributed by atoms with Crippen LogP contribution in [0.3, 0.4) is 0 Å². The second-order valence-electron chi connectivity index (χ2n) is 3.27. The van der Waals surface area contributed by atoms with Gasteiger partial charge in [0.25, 0.3) is 0 Å². The van der Waals surface area contributed by atoms with Gasteiger partial charge in [-0.05, 0) is 23.9 Å². The Morgan fingerprint density at radius 1 is 1.17 bits per heavy atom. The van der Waals surface area contributed by atoms with Gasteiger partial charge in [-0.1, -0.05) is 6.07 Å². The number of anilines is 2. The zero-order chi connectivity index (χ0) is 13.1. The first-order valence-corrected chi connectivity index (χ1v) is 5.64. The smallest absolute Gasteiger partial charge is 0.354 e. The van der Waals surface area contributed by atoms with Gasteiger partial charge in [-0.15, -0.1) is 0 Å². The quantitative estimate of drug-likeness (QED) is 0.696. The maximum atomic E-state index is 10.8. The third-order valence-electron chi connectivity index (χ3n) is 1.88. The van der Waals surface area contributed by atoms with Gasteiger partial charge in [0, 0.05) is 6.07 Å². The highest BCUT2D eigenvalue weighted by atomic mass is 32.2. The van der Waals surface area contributed by atoms with Crippen molar-refractivity contribution >= 4 is 29.4 Å². The number of aromatic carboxylic acids is 1. The third-order valence-corrected chi connectivity index (χ3v) is 2.69. The number of hydrogen-bond acceptors (Lipinski definition) is 7. The Morgan fingerprint density at radius 2 is 1.83 bits per heavy atom. The fourth-order valence-corrected chi connectivity index (χ4v) is 1.97. The number of carboxylic acids is 1. The van der Waals surface area contributed by atoms with E-state index in [1.807, 2.05) is 0 Å². The lowest BCUT2D eigenvalue weighted by Gasteiger charge is -2.02. The van der Waals surface area contributed by atoms with E-state index in [1.54, 1.807) is 12.1 Å². The monoisotopic (exact) mass is 263 g/mol. The summed E-state index contributed by atoms with van der Waals surface area (Å²) in [5.74, 6) is -0.593. The Kier molecular flexibility index (Phi) is 3.28. The molecule has 92 valence electrons. The van der Waals surface area contributed by atoms with Crippen molar-refractivity contribution in [1.82, 2.24) is 15.0 Å². The zero-order valence-corrected chi connectivity index (χ0v) is 9.89. The van der Waals surface area contributed by atoms with Gasteiger partial charge in [-0.2, -0.15) is 0 Å². The summed E-state index contributed by atoms with van der Waals surface area (Å²) in [6.07, 6.45) is 0. The average molecular weight is 263 g/mol. The van der Waals surface area contributed by atoms with Crippen molar-refractivity contribution in [3.63, 3.8) is 0 Å². The molecule has 0 spiro atoms. The first-order chi connectivity index (χ1) is 8.54. The maximum absolute atomic E-state index is 10.8. The van der Waals surface area contributed by atoms with E-state index in [-0.39, 0.29) is 17.3 Å². The van der Waals surface area contributed by atoms with Gasteiger partial charge < -0.3 is 16.6 Å². The first kappa shape index (κ1) is 12.1. The molecule has 0 aliphatic rings. The van der Waals surface area contributed by atoms with Gasteiger partial charge in [-0.3, -0.25) is 0 Å². The Labute approximate surface area is 106 Å². The van der Waals surface area contributed by atoms with Gasteiger partial charge in [0.05, 0.1) is 0 Å². The van der Waals surface area contributed by atoms with E-state index in [4.69, 9.17) is 16.6 Å². The van der Waals surface area contributed by atoms with Crippen LogP contribution in [0.1, 0.15) is 10.5 Å². The summed E-state index contributed by atoms with van der Waals surface area (Å²) in [5, 5.41) is 9.60. The minimum absolute atomic E-state index is 0.0446. The largest absolute Gasteiger partial charge is 0.477 e. The van der Waals surface area contributed by atoms with Crippen LogP contribution < -0.4 is 11.5 Å². The fraction of sp³-hybridized carbons (Fsp3) is 0. The lowest BCUT2D eigenvalue weighted by atomic mass is 10.4. The first-order valence-electron chi connectivity index (χ1n) is 4.83. The van der Waals surface area contributed by atoms with Crippen LogP contribution in [0.15, 0.2) is 34.4 Å². The van der Waals surface area contributed by atoms with Crippen LogP contribution in [-0.4, -0.2) is 26.0 Å². The van der Waals surface area contributed by atoms with Crippen LogP contribution in [0, 0.1) is 0 Å². The van der Waals surface area contributed by atoms with Gasteiger partial charge in [0.15, 0.2) is 5.16 Å². The van der Waals surface area contributed by atoms with Crippen LogP contribution in [-0.2, 0) is 0 Å². The molecule has 0 saturated heterocycles. The fourth-order valence-electron chi connectivity index (χ4n) is 1.19. The van der Waals surface area contributed by atoms with Crippen molar-refractivity contribution in [1.29, 1.82) is 0 Å². The van der Waals surface area contributed by atoms with E-state index >= 15 is 0 Å². The second kappa shape index (κ2) is 4.88. The molecule has 0 saturated carbocycles. The molecule has 0 fully saturated rings. The van der Waals surface area contributed by atoms with Crippen molar-refractivity contribution in [3.05, 3.63) is 30.0 Å². The number of aromatic nitrogens is 3. The lowest BCUT2D eigenvalue weighted by Crippen LogP contribution is -2.01. The summed E-state index contributed by atoms with van der Waals surface area (Å²) in [4.78, 5) is 22.6. The maximum Gasteiger partial charge on any atom is 0.354 e. The molecule has 0 aliphatic carbocycles. The Balaban J connectivity index is 2.28. The molecule has 0 unspecified atom stereocenters. The highest BCUT2D eigenvalue weighted by Crippen LogP contribution is 2.24. The van der Waals surface area contributed by atoms with Crippen LogP contribution >= 0.6 is 11.8 Å². The molecule has 2 heterocycles. The van der Waals surface area contributed by atoms with Gasteiger partial charge in [0.2, 0.25) is 0 Å². The molecular formula is C10H9N5O2S. The molecule has 2 aromatic heterocycles. The molecule has 0 aromatic carbocycles. The Hall–Kier alpha value is -2.35. The number of hydrogen-bond donors (Lipinski definition) is 3. The summed E-state index contributed by atoms with van der Waals surface area (Å²) >= 11 is 1.09. The van der Waals surface area contributed by atoms with E-state index < -0.39 is 5.97 Å². The van der Waals surface area contributed by atoms with Crippen molar-refractivity contribution < 1.29 is 9.90 Å². The molecule has 0 bridgehead atoms. The highest BCUT2D eigenvalue weighted by molar-refractivity contribution is 7.99. The molecular weight excluding hydrogens is 254 g/mol. The second-order valence-corrected chi connectivity index (χ2v) is 4.26. The minimum atomic E-state index is -1.09. The Morgan fingerprint density at radius 3 is 2.44 bits per heavy atom. The molecule has 2 rings (SSSR count). The summed E-state index contributed by atoms with van der Waals surface area (Å²) in [7, 11) is 0. The molecule has 0 aliphatic heterocycles. The van der Waals surface area contributed by atoms with E-state index in [9.17, 15) is 4.79 Å². The van der Waals surface area contributed by atoms with Crippen LogP contribution in [0.4, 0.5) is 11.6 Å². The zero-order valence-electron chi connectivity index (χ0n) is 9.07. The number of pyridine rings is 1. The Bertz CT molecular complexity index is 584. The molecule has 2 aromatic rings. The van der Waals surface area contributed by atoms with E-state index in [0.717, 1.165) is 11.8 Å². The third kappa shape index (κ3) is 2.86.